The maximum atomic E-state index is 11.9. The van der Waals surface area contributed by atoms with Crippen molar-refractivity contribution in [2.75, 3.05) is 11.9 Å². The quantitative estimate of drug-likeness (QED) is 0.287. The molecule has 6 heteroatoms. The third-order valence-corrected chi connectivity index (χ3v) is 3.87. The lowest BCUT2D eigenvalue weighted by atomic mass is 10.1. The first kappa shape index (κ1) is 23.9. The molecule has 0 aliphatic heterocycles. The number of guanidine groups is 1. The minimum atomic E-state index is 0. The van der Waals surface area contributed by atoms with E-state index in [-0.39, 0.29) is 29.9 Å². The van der Waals surface area contributed by atoms with E-state index in [9.17, 15) is 4.79 Å². The van der Waals surface area contributed by atoms with Crippen LogP contribution >= 0.6 is 24.0 Å². The third kappa shape index (κ3) is 9.21. The summed E-state index contributed by atoms with van der Waals surface area (Å²) in [6, 6.07) is 18.1. The molecule has 0 aliphatic rings. The highest BCUT2D eigenvalue weighted by Crippen LogP contribution is 2.13. The van der Waals surface area contributed by atoms with E-state index in [1.807, 2.05) is 63.2 Å². The normalized spacial score (nSPS) is 10.9. The number of carbonyl (C=O) groups is 1. The van der Waals surface area contributed by atoms with Gasteiger partial charge in [0, 0.05) is 25.2 Å². The van der Waals surface area contributed by atoms with Gasteiger partial charge in [-0.1, -0.05) is 56.3 Å². The summed E-state index contributed by atoms with van der Waals surface area (Å²) in [6.45, 7) is 8.18. The van der Waals surface area contributed by atoms with Crippen molar-refractivity contribution >= 4 is 41.5 Å². The van der Waals surface area contributed by atoms with E-state index in [1.54, 1.807) is 0 Å². The van der Waals surface area contributed by atoms with Crippen LogP contribution in [0.1, 0.15) is 38.3 Å². The molecule has 0 heterocycles. The van der Waals surface area contributed by atoms with Gasteiger partial charge in [-0.05, 0) is 36.1 Å². The Hall–Kier alpha value is -2.09. The molecule has 1 amide bonds. The second-order valence-electron chi connectivity index (χ2n) is 6.88. The van der Waals surface area contributed by atoms with Gasteiger partial charge in [0.1, 0.15) is 0 Å². The molecular formula is C22H31IN4O. The summed E-state index contributed by atoms with van der Waals surface area (Å²) in [7, 11) is 0. The van der Waals surface area contributed by atoms with Crippen molar-refractivity contribution in [2.24, 2.45) is 10.9 Å². The molecule has 0 aliphatic carbocycles. The number of aliphatic imine (C=N–C) groups is 1. The van der Waals surface area contributed by atoms with Crippen LogP contribution in [0.3, 0.4) is 0 Å². The number of hydrogen-bond donors (Lipinski definition) is 3. The number of carbonyl (C=O) groups excluding carboxylic acids is 1. The van der Waals surface area contributed by atoms with Gasteiger partial charge in [0.2, 0.25) is 5.91 Å². The Morgan fingerprint density at radius 2 is 1.71 bits per heavy atom. The summed E-state index contributed by atoms with van der Waals surface area (Å²) in [4.78, 5) is 16.6. The first-order valence-electron chi connectivity index (χ1n) is 9.51. The van der Waals surface area contributed by atoms with Crippen LogP contribution in [0.5, 0.6) is 0 Å². The van der Waals surface area contributed by atoms with Crippen LogP contribution < -0.4 is 16.0 Å². The molecule has 0 spiro atoms. The minimum Gasteiger partial charge on any atom is -0.357 e. The molecule has 2 aromatic carbocycles. The van der Waals surface area contributed by atoms with Gasteiger partial charge >= 0.3 is 0 Å². The number of anilines is 1. The van der Waals surface area contributed by atoms with E-state index in [0.717, 1.165) is 30.3 Å². The number of hydrogen-bond acceptors (Lipinski definition) is 2. The SMILES string of the molecule is CCNC(=NCc1cccc(NC(=O)CC(C)C)c1)NCc1ccccc1.I. The average molecular weight is 494 g/mol. The highest BCUT2D eigenvalue weighted by molar-refractivity contribution is 14.0. The van der Waals surface area contributed by atoms with E-state index >= 15 is 0 Å². The fourth-order valence-electron chi connectivity index (χ4n) is 2.62. The number of amides is 1. The Kier molecular flexibility index (Phi) is 11.2. The van der Waals surface area contributed by atoms with Crippen molar-refractivity contribution in [1.29, 1.82) is 0 Å². The zero-order valence-electron chi connectivity index (χ0n) is 16.9. The lowest BCUT2D eigenvalue weighted by molar-refractivity contribution is -0.116. The van der Waals surface area contributed by atoms with Crippen LogP contribution in [0.25, 0.3) is 0 Å². The fourth-order valence-corrected chi connectivity index (χ4v) is 2.62. The van der Waals surface area contributed by atoms with Crippen LogP contribution in [-0.2, 0) is 17.9 Å². The van der Waals surface area contributed by atoms with Crippen molar-refractivity contribution < 1.29 is 4.79 Å². The molecule has 0 fully saturated rings. The molecule has 0 radical (unpaired) electrons. The molecule has 0 saturated heterocycles. The van der Waals surface area contributed by atoms with E-state index < -0.39 is 0 Å². The maximum Gasteiger partial charge on any atom is 0.224 e. The number of rotatable bonds is 8. The summed E-state index contributed by atoms with van der Waals surface area (Å²) >= 11 is 0. The molecular weight excluding hydrogens is 463 g/mol. The molecule has 2 rings (SSSR count). The monoisotopic (exact) mass is 494 g/mol. The second-order valence-corrected chi connectivity index (χ2v) is 6.88. The Morgan fingerprint density at radius 3 is 2.39 bits per heavy atom. The average Bonchev–Trinajstić information content (AvgIpc) is 2.64. The lowest BCUT2D eigenvalue weighted by Crippen LogP contribution is -2.36. The van der Waals surface area contributed by atoms with Crippen LogP contribution in [-0.4, -0.2) is 18.4 Å². The molecule has 0 saturated carbocycles. The highest BCUT2D eigenvalue weighted by atomic mass is 127. The summed E-state index contributed by atoms with van der Waals surface area (Å²) in [5.41, 5.74) is 3.07. The van der Waals surface area contributed by atoms with Crippen molar-refractivity contribution in [1.82, 2.24) is 10.6 Å². The van der Waals surface area contributed by atoms with Crippen molar-refractivity contribution in [3.63, 3.8) is 0 Å². The first-order valence-corrected chi connectivity index (χ1v) is 9.51. The van der Waals surface area contributed by atoms with Gasteiger partial charge < -0.3 is 16.0 Å². The Bertz CT molecular complexity index is 747. The van der Waals surface area contributed by atoms with Gasteiger partial charge in [-0.25, -0.2) is 4.99 Å². The standard InChI is InChI=1S/C22H30N4O.HI/c1-4-23-22(24-15-18-9-6-5-7-10-18)25-16-19-11-8-12-20(14-19)26-21(27)13-17(2)3;/h5-12,14,17H,4,13,15-16H2,1-3H3,(H,26,27)(H2,23,24,25);1H. The van der Waals surface area contributed by atoms with Gasteiger partial charge in [0.15, 0.2) is 5.96 Å². The second kappa shape index (κ2) is 13.1. The third-order valence-electron chi connectivity index (χ3n) is 3.87. The summed E-state index contributed by atoms with van der Waals surface area (Å²) < 4.78 is 0. The van der Waals surface area contributed by atoms with Crippen molar-refractivity contribution in [3.8, 4) is 0 Å². The van der Waals surface area contributed by atoms with Crippen LogP contribution in [0.4, 0.5) is 5.69 Å². The molecule has 28 heavy (non-hydrogen) atoms. The van der Waals surface area contributed by atoms with E-state index in [4.69, 9.17) is 0 Å². The summed E-state index contributed by atoms with van der Waals surface area (Å²) in [5.74, 6) is 1.16. The van der Waals surface area contributed by atoms with Gasteiger partial charge in [-0.15, -0.1) is 24.0 Å². The van der Waals surface area contributed by atoms with Crippen LogP contribution in [0, 0.1) is 5.92 Å². The van der Waals surface area contributed by atoms with Crippen molar-refractivity contribution in [3.05, 3.63) is 65.7 Å². The topological polar surface area (TPSA) is 65.5 Å². The first-order chi connectivity index (χ1) is 13.1. The van der Waals surface area contributed by atoms with E-state index in [2.05, 4.69) is 33.1 Å². The fraction of sp³-hybridized carbons (Fsp3) is 0.364. The predicted octanol–water partition coefficient (Wildman–Crippen LogP) is 4.54. The molecule has 3 N–H and O–H groups in total. The van der Waals surface area contributed by atoms with Crippen LogP contribution in [0.15, 0.2) is 59.6 Å². The Balaban J connectivity index is 0.00000392. The van der Waals surface area contributed by atoms with Crippen LogP contribution in [0.2, 0.25) is 0 Å². The van der Waals surface area contributed by atoms with Gasteiger partial charge in [0.05, 0.1) is 6.54 Å². The molecule has 152 valence electrons. The number of nitrogens with zero attached hydrogens (tertiary/aromatic N) is 1. The Morgan fingerprint density at radius 1 is 1.00 bits per heavy atom. The molecule has 0 atom stereocenters. The van der Waals surface area contributed by atoms with E-state index in [1.165, 1.54) is 5.56 Å². The summed E-state index contributed by atoms with van der Waals surface area (Å²) in [6.07, 6.45) is 0.524. The minimum absolute atomic E-state index is 0. The summed E-state index contributed by atoms with van der Waals surface area (Å²) in [5, 5.41) is 9.56. The van der Waals surface area contributed by atoms with E-state index in [0.29, 0.717) is 18.9 Å². The lowest BCUT2D eigenvalue weighted by Gasteiger charge is -2.12. The molecule has 0 bridgehead atoms. The number of nitrogens with one attached hydrogen (secondary N) is 3. The molecule has 0 aromatic heterocycles. The van der Waals surface area contributed by atoms with Gasteiger partial charge in [-0.2, -0.15) is 0 Å². The number of halogens is 1. The molecule has 5 nitrogen and oxygen atoms in total. The zero-order valence-corrected chi connectivity index (χ0v) is 19.2. The highest BCUT2D eigenvalue weighted by Gasteiger charge is 2.06. The largest absolute Gasteiger partial charge is 0.357 e. The maximum absolute atomic E-state index is 11.9. The molecule has 2 aromatic rings. The van der Waals surface area contributed by atoms with Crippen molar-refractivity contribution in [2.45, 2.75) is 40.3 Å². The predicted molar refractivity (Wildman–Crippen MR) is 128 cm³/mol. The number of benzene rings is 2. The Labute approximate surface area is 185 Å². The molecule has 0 unspecified atom stereocenters. The van der Waals surface area contributed by atoms with Gasteiger partial charge in [0.25, 0.3) is 0 Å². The smallest absolute Gasteiger partial charge is 0.224 e. The zero-order chi connectivity index (χ0) is 19.5. The van der Waals surface area contributed by atoms with Gasteiger partial charge in [-0.3, -0.25) is 4.79 Å².